The quantitative estimate of drug-likeness (QED) is 0.250. The molecule has 5 heteroatoms. The van der Waals surface area contributed by atoms with E-state index in [0.29, 0.717) is 11.5 Å². The monoisotopic (exact) mass is 456 g/mol. The first-order valence-corrected chi connectivity index (χ1v) is 9.90. The van der Waals surface area contributed by atoms with Crippen molar-refractivity contribution in [1.82, 2.24) is 0 Å². The maximum Gasteiger partial charge on any atom is 0.116 e. The first kappa shape index (κ1) is 28.6. The van der Waals surface area contributed by atoms with Crippen LogP contribution in [0.4, 0.5) is 0 Å². The molecular formula is C26H32O4Ti. The SMILES string of the molecule is CC(C)O.CC(C)O.Oc1ccc2ccccc2c1.Oc1ccc2ccccc2c1.[Ti]. The number of benzene rings is 4. The molecule has 0 aliphatic rings. The van der Waals surface area contributed by atoms with E-state index in [1.807, 2.05) is 60.7 Å². The number of fused-ring (bicyclic) bond motifs is 2. The van der Waals surface area contributed by atoms with E-state index >= 15 is 0 Å². The van der Waals surface area contributed by atoms with Crippen LogP contribution in [0.5, 0.6) is 11.5 Å². The number of phenolic OH excluding ortho intramolecular Hbond substituents is 2. The molecule has 0 aliphatic carbocycles. The Morgan fingerprint density at radius 1 is 0.484 bits per heavy atom. The van der Waals surface area contributed by atoms with Gasteiger partial charge in [-0.3, -0.25) is 0 Å². The second-order valence-corrected chi connectivity index (χ2v) is 7.25. The number of rotatable bonds is 0. The third-order valence-corrected chi connectivity index (χ3v) is 3.47. The van der Waals surface area contributed by atoms with Gasteiger partial charge in [0.15, 0.2) is 0 Å². The molecule has 31 heavy (non-hydrogen) atoms. The molecule has 4 nitrogen and oxygen atoms in total. The molecule has 0 fully saturated rings. The second-order valence-electron chi connectivity index (χ2n) is 7.25. The zero-order valence-electron chi connectivity index (χ0n) is 18.5. The standard InChI is InChI=1S/2C10H8O.2C3H8O.Ti/c2*11-10-6-5-8-3-1-2-4-9(8)7-10;2*1-3(2)4;/h2*1-7,11H;2*3-4H,1-2H3;. The van der Waals surface area contributed by atoms with Crippen LogP contribution in [0.25, 0.3) is 21.5 Å². The summed E-state index contributed by atoms with van der Waals surface area (Å²) in [6.45, 7) is 6.89. The number of hydrogen-bond acceptors (Lipinski definition) is 4. The molecule has 0 atom stereocenters. The summed E-state index contributed by atoms with van der Waals surface area (Å²) >= 11 is 0. The maximum absolute atomic E-state index is 9.13. The average molecular weight is 456 g/mol. The van der Waals surface area contributed by atoms with Crippen molar-refractivity contribution in [3.05, 3.63) is 84.9 Å². The molecule has 164 valence electrons. The molecule has 4 aromatic carbocycles. The van der Waals surface area contributed by atoms with Crippen molar-refractivity contribution < 1.29 is 42.1 Å². The molecule has 4 N–H and O–H groups in total. The van der Waals surface area contributed by atoms with Crippen molar-refractivity contribution in [2.45, 2.75) is 39.9 Å². The van der Waals surface area contributed by atoms with Crippen molar-refractivity contribution in [2.75, 3.05) is 0 Å². The number of aliphatic hydroxyl groups excluding tert-OH is 2. The molecule has 0 aromatic heterocycles. The van der Waals surface area contributed by atoms with Crippen molar-refractivity contribution in [2.24, 2.45) is 0 Å². The Morgan fingerprint density at radius 2 is 0.742 bits per heavy atom. The minimum Gasteiger partial charge on any atom is -0.508 e. The predicted molar refractivity (Wildman–Crippen MR) is 126 cm³/mol. The molecule has 4 aromatic rings. The van der Waals surface area contributed by atoms with Crippen molar-refractivity contribution >= 4 is 21.5 Å². The summed E-state index contributed by atoms with van der Waals surface area (Å²) in [6.07, 6.45) is -0.333. The Hall–Kier alpha value is -2.37. The Bertz CT molecular complexity index is 927. The third-order valence-electron chi connectivity index (χ3n) is 3.47. The molecule has 0 amide bonds. The molecule has 0 radical (unpaired) electrons. The van der Waals surface area contributed by atoms with Crippen molar-refractivity contribution in [1.29, 1.82) is 0 Å². The molecule has 0 unspecified atom stereocenters. The Morgan fingerprint density at radius 3 is 1.03 bits per heavy atom. The summed E-state index contributed by atoms with van der Waals surface area (Å²) < 4.78 is 0. The minimum absolute atomic E-state index is 0. The van der Waals surface area contributed by atoms with E-state index in [1.165, 1.54) is 0 Å². The van der Waals surface area contributed by atoms with Gasteiger partial charge in [0.25, 0.3) is 0 Å². The fourth-order valence-electron chi connectivity index (χ4n) is 2.35. The number of hydrogen-bond donors (Lipinski definition) is 4. The van der Waals surface area contributed by atoms with E-state index in [9.17, 15) is 0 Å². The normalized spacial score (nSPS) is 9.55. The molecule has 0 saturated heterocycles. The van der Waals surface area contributed by atoms with Crippen LogP contribution in [0.2, 0.25) is 0 Å². The zero-order valence-corrected chi connectivity index (χ0v) is 20.1. The van der Waals surface area contributed by atoms with Gasteiger partial charge in [0, 0.05) is 33.9 Å². The number of aromatic hydroxyl groups is 2. The van der Waals surface area contributed by atoms with Crippen LogP contribution in [0.15, 0.2) is 84.9 Å². The van der Waals surface area contributed by atoms with E-state index in [1.54, 1.807) is 52.0 Å². The van der Waals surface area contributed by atoms with Crippen LogP contribution in [-0.4, -0.2) is 32.6 Å². The van der Waals surface area contributed by atoms with Crippen LogP contribution in [0, 0.1) is 0 Å². The van der Waals surface area contributed by atoms with Gasteiger partial charge in [0.05, 0.1) is 0 Å². The average Bonchev–Trinajstić information content (AvgIpc) is 2.67. The summed E-state index contributed by atoms with van der Waals surface area (Å²) in [4.78, 5) is 0. The molecule has 0 bridgehead atoms. The Labute approximate surface area is 199 Å². The molecule has 0 saturated carbocycles. The largest absolute Gasteiger partial charge is 0.508 e. The summed E-state index contributed by atoms with van der Waals surface area (Å²) in [5, 5.41) is 38.8. The van der Waals surface area contributed by atoms with Crippen LogP contribution in [0.3, 0.4) is 0 Å². The van der Waals surface area contributed by atoms with Crippen molar-refractivity contribution in [3.8, 4) is 11.5 Å². The second kappa shape index (κ2) is 15.4. The van der Waals surface area contributed by atoms with E-state index in [4.69, 9.17) is 20.4 Å². The number of phenols is 2. The summed E-state index contributed by atoms with van der Waals surface area (Å²) in [5.41, 5.74) is 0. The van der Waals surface area contributed by atoms with Gasteiger partial charge in [-0.25, -0.2) is 0 Å². The molecule has 4 rings (SSSR count). The smallest absolute Gasteiger partial charge is 0.116 e. The van der Waals surface area contributed by atoms with Gasteiger partial charge in [0.2, 0.25) is 0 Å². The fraction of sp³-hybridized carbons (Fsp3) is 0.231. The van der Waals surface area contributed by atoms with E-state index in [0.717, 1.165) is 21.5 Å². The zero-order chi connectivity index (χ0) is 22.5. The van der Waals surface area contributed by atoms with Crippen LogP contribution in [-0.2, 0) is 21.7 Å². The van der Waals surface area contributed by atoms with Gasteiger partial charge in [-0.05, 0) is 73.5 Å². The van der Waals surface area contributed by atoms with Crippen LogP contribution >= 0.6 is 0 Å². The Balaban J connectivity index is 0.000000427. The van der Waals surface area contributed by atoms with Crippen LogP contribution in [0.1, 0.15) is 27.7 Å². The third kappa shape index (κ3) is 12.8. The van der Waals surface area contributed by atoms with Gasteiger partial charge in [-0.1, -0.05) is 60.7 Å². The number of aliphatic hydroxyl groups is 2. The van der Waals surface area contributed by atoms with E-state index < -0.39 is 0 Å². The minimum atomic E-state index is -0.167. The van der Waals surface area contributed by atoms with Gasteiger partial charge < -0.3 is 20.4 Å². The topological polar surface area (TPSA) is 80.9 Å². The fourth-order valence-corrected chi connectivity index (χ4v) is 2.35. The summed E-state index contributed by atoms with van der Waals surface area (Å²) in [6, 6.07) is 26.6. The molecule has 0 aliphatic heterocycles. The van der Waals surface area contributed by atoms with Gasteiger partial charge >= 0.3 is 0 Å². The first-order chi connectivity index (χ1) is 14.2. The van der Waals surface area contributed by atoms with Gasteiger partial charge in [-0.2, -0.15) is 0 Å². The molecule has 0 heterocycles. The molecular weight excluding hydrogens is 424 g/mol. The van der Waals surface area contributed by atoms with E-state index in [2.05, 4.69) is 0 Å². The predicted octanol–water partition coefficient (Wildman–Crippen LogP) is 5.86. The van der Waals surface area contributed by atoms with Crippen molar-refractivity contribution in [3.63, 3.8) is 0 Å². The van der Waals surface area contributed by atoms with Gasteiger partial charge in [0.1, 0.15) is 11.5 Å². The first-order valence-electron chi connectivity index (χ1n) is 9.90. The maximum atomic E-state index is 9.13. The summed E-state index contributed by atoms with van der Waals surface area (Å²) in [7, 11) is 0. The molecule has 0 spiro atoms. The van der Waals surface area contributed by atoms with Crippen LogP contribution < -0.4 is 0 Å². The Kier molecular flexibility index (Phi) is 14.3. The van der Waals surface area contributed by atoms with E-state index in [-0.39, 0.29) is 33.9 Å². The van der Waals surface area contributed by atoms with Gasteiger partial charge in [-0.15, -0.1) is 0 Å². The summed E-state index contributed by atoms with van der Waals surface area (Å²) in [5.74, 6) is 0.646.